The number of aromatic nitrogens is 1. The van der Waals surface area contributed by atoms with Gasteiger partial charge in [0.05, 0.1) is 0 Å². The van der Waals surface area contributed by atoms with Crippen LogP contribution < -0.4 is 15.5 Å². The maximum Gasteiger partial charge on any atom is 0.271 e. The molecule has 1 aromatic heterocycles. The Morgan fingerprint density at radius 1 is 1.39 bits per heavy atom. The summed E-state index contributed by atoms with van der Waals surface area (Å²) in [6, 6.07) is 8.99. The van der Waals surface area contributed by atoms with Crippen LogP contribution in [0.5, 0.6) is 0 Å². The minimum Gasteiger partial charge on any atom is -0.362 e. The second kappa shape index (κ2) is 6.78. The summed E-state index contributed by atoms with van der Waals surface area (Å²) in [6.45, 7) is 3.33. The summed E-state index contributed by atoms with van der Waals surface area (Å²) in [5.41, 5.74) is 1.20. The number of hydrogen-bond acceptors (Lipinski definition) is 5. The van der Waals surface area contributed by atoms with Crippen molar-refractivity contribution in [3.8, 4) is 0 Å². The zero-order chi connectivity index (χ0) is 16.2. The molecule has 0 radical (unpaired) electrons. The third-order valence-corrected chi connectivity index (χ3v) is 4.44. The van der Waals surface area contributed by atoms with E-state index < -0.39 is 6.04 Å². The highest BCUT2D eigenvalue weighted by Crippen LogP contribution is 2.21. The van der Waals surface area contributed by atoms with Crippen LogP contribution in [0.1, 0.15) is 23.8 Å². The van der Waals surface area contributed by atoms with E-state index >= 15 is 0 Å². The largest absolute Gasteiger partial charge is 0.362 e. The van der Waals surface area contributed by atoms with Gasteiger partial charge in [0.1, 0.15) is 11.7 Å². The van der Waals surface area contributed by atoms with E-state index in [1.165, 1.54) is 11.3 Å². The maximum atomic E-state index is 12.5. The van der Waals surface area contributed by atoms with Crippen molar-refractivity contribution >= 4 is 34.0 Å². The number of nitrogens with zero attached hydrogens (tertiary/aromatic N) is 2. The number of thiazole rings is 1. The molecule has 23 heavy (non-hydrogen) atoms. The van der Waals surface area contributed by atoms with Gasteiger partial charge in [-0.25, -0.2) is 4.98 Å². The quantitative estimate of drug-likeness (QED) is 0.880. The van der Waals surface area contributed by atoms with Crippen molar-refractivity contribution in [3.05, 3.63) is 41.4 Å². The third-order valence-electron chi connectivity index (χ3n) is 3.64. The number of hydrogen-bond donors (Lipinski definition) is 2. The Labute approximate surface area is 138 Å². The Morgan fingerprint density at radius 2 is 2.17 bits per heavy atom. The van der Waals surface area contributed by atoms with Crippen molar-refractivity contribution in [1.29, 1.82) is 0 Å². The molecule has 6 nitrogen and oxygen atoms in total. The van der Waals surface area contributed by atoms with E-state index in [2.05, 4.69) is 15.6 Å². The van der Waals surface area contributed by atoms with Gasteiger partial charge in [0.25, 0.3) is 5.91 Å². The number of carbonyl (C=O) groups is 2. The zero-order valence-electron chi connectivity index (χ0n) is 12.8. The normalized spacial score (nSPS) is 17.3. The molecule has 2 N–H and O–H groups in total. The summed E-state index contributed by atoms with van der Waals surface area (Å²) < 4.78 is 0. The van der Waals surface area contributed by atoms with Gasteiger partial charge in [0, 0.05) is 24.2 Å². The van der Waals surface area contributed by atoms with Crippen LogP contribution in [-0.2, 0) is 4.79 Å². The smallest absolute Gasteiger partial charge is 0.271 e. The van der Waals surface area contributed by atoms with Gasteiger partial charge in [0.15, 0.2) is 5.13 Å². The number of amides is 2. The summed E-state index contributed by atoms with van der Waals surface area (Å²) in [6.07, 6.45) is 0.601. The average Bonchev–Trinajstić information content (AvgIpc) is 3.17. The maximum absolute atomic E-state index is 12.5. The molecule has 1 fully saturated rings. The van der Waals surface area contributed by atoms with Crippen LogP contribution in [0.4, 0.5) is 10.8 Å². The SMILES string of the molecule is CCNc1nc(C(=O)NC2CCN(c3ccccc3)C2=O)cs1. The molecular weight excluding hydrogens is 312 g/mol. The first-order valence-electron chi connectivity index (χ1n) is 7.55. The molecule has 120 valence electrons. The fourth-order valence-corrected chi connectivity index (χ4v) is 3.28. The van der Waals surface area contributed by atoms with Crippen molar-refractivity contribution in [1.82, 2.24) is 10.3 Å². The first kappa shape index (κ1) is 15.5. The van der Waals surface area contributed by atoms with Crippen LogP contribution in [0.25, 0.3) is 0 Å². The lowest BCUT2D eigenvalue weighted by atomic mass is 10.2. The topological polar surface area (TPSA) is 74.3 Å². The van der Waals surface area contributed by atoms with Gasteiger partial charge < -0.3 is 15.5 Å². The minimum atomic E-state index is -0.494. The van der Waals surface area contributed by atoms with Gasteiger partial charge >= 0.3 is 0 Å². The van der Waals surface area contributed by atoms with Crippen LogP contribution in [0.15, 0.2) is 35.7 Å². The van der Waals surface area contributed by atoms with Crippen molar-refractivity contribution in [2.75, 3.05) is 23.3 Å². The molecule has 7 heteroatoms. The van der Waals surface area contributed by atoms with Gasteiger partial charge in [-0.3, -0.25) is 9.59 Å². The predicted molar refractivity (Wildman–Crippen MR) is 90.9 cm³/mol. The monoisotopic (exact) mass is 330 g/mol. The second-order valence-electron chi connectivity index (χ2n) is 5.21. The van der Waals surface area contributed by atoms with Crippen molar-refractivity contribution < 1.29 is 9.59 Å². The third kappa shape index (κ3) is 3.34. The summed E-state index contributed by atoms with van der Waals surface area (Å²) >= 11 is 1.38. The molecule has 1 unspecified atom stereocenters. The lowest BCUT2D eigenvalue weighted by Crippen LogP contribution is -2.41. The number of rotatable bonds is 5. The van der Waals surface area contributed by atoms with Crippen molar-refractivity contribution in [2.24, 2.45) is 0 Å². The van der Waals surface area contributed by atoms with Gasteiger partial charge in [-0.05, 0) is 25.5 Å². The first-order chi connectivity index (χ1) is 11.2. The molecule has 0 aliphatic carbocycles. The standard InChI is InChI=1S/C16H18N4O2S/c1-2-17-16-19-13(10-23-16)14(21)18-12-8-9-20(15(12)22)11-6-4-3-5-7-11/h3-7,10,12H,2,8-9H2,1H3,(H,17,19)(H,18,21). The van der Waals surface area contributed by atoms with E-state index in [-0.39, 0.29) is 11.8 Å². The summed E-state index contributed by atoms with van der Waals surface area (Å²) in [5, 5.41) is 8.26. The van der Waals surface area contributed by atoms with E-state index in [1.54, 1.807) is 10.3 Å². The van der Waals surface area contributed by atoms with E-state index in [9.17, 15) is 9.59 Å². The number of benzene rings is 1. The molecule has 1 aliphatic heterocycles. The zero-order valence-corrected chi connectivity index (χ0v) is 13.6. The highest BCUT2D eigenvalue weighted by Gasteiger charge is 2.34. The number of carbonyl (C=O) groups excluding carboxylic acids is 2. The van der Waals surface area contributed by atoms with Crippen LogP contribution in [0.3, 0.4) is 0 Å². The number of nitrogens with one attached hydrogen (secondary N) is 2. The van der Waals surface area contributed by atoms with Gasteiger partial charge in [-0.2, -0.15) is 0 Å². The van der Waals surface area contributed by atoms with Crippen molar-refractivity contribution in [2.45, 2.75) is 19.4 Å². The molecule has 0 saturated carbocycles. The Balaban J connectivity index is 1.64. The molecule has 2 aromatic rings. The average molecular weight is 330 g/mol. The van der Waals surface area contributed by atoms with E-state index in [1.807, 2.05) is 37.3 Å². The van der Waals surface area contributed by atoms with Gasteiger partial charge in [-0.1, -0.05) is 18.2 Å². The molecule has 3 rings (SSSR count). The minimum absolute atomic E-state index is 0.0771. The molecule has 1 aliphatic rings. The van der Waals surface area contributed by atoms with E-state index in [4.69, 9.17) is 0 Å². The van der Waals surface area contributed by atoms with Crippen LogP contribution >= 0.6 is 11.3 Å². The molecule has 1 atom stereocenters. The Hall–Kier alpha value is -2.41. The molecular formula is C16H18N4O2S. The Bertz CT molecular complexity index is 701. The van der Waals surface area contributed by atoms with E-state index in [0.717, 1.165) is 12.2 Å². The van der Waals surface area contributed by atoms with Crippen molar-refractivity contribution in [3.63, 3.8) is 0 Å². The fraction of sp³-hybridized carbons (Fsp3) is 0.312. The highest BCUT2D eigenvalue weighted by atomic mass is 32.1. The Kier molecular flexibility index (Phi) is 4.57. The van der Waals surface area contributed by atoms with Crippen LogP contribution in [0.2, 0.25) is 0 Å². The summed E-state index contributed by atoms with van der Waals surface area (Å²) in [7, 11) is 0. The van der Waals surface area contributed by atoms with Gasteiger partial charge in [0.2, 0.25) is 5.91 Å². The molecule has 2 heterocycles. The molecule has 1 aromatic carbocycles. The molecule has 0 spiro atoms. The number of anilines is 2. The Morgan fingerprint density at radius 3 is 2.91 bits per heavy atom. The molecule has 0 bridgehead atoms. The van der Waals surface area contributed by atoms with Gasteiger partial charge in [-0.15, -0.1) is 11.3 Å². The first-order valence-corrected chi connectivity index (χ1v) is 8.43. The summed E-state index contributed by atoms with van der Waals surface area (Å²) in [4.78, 5) is 30.6. The summed E-state index contributed by atoms with van der Waals surface area (Å²) in [5.74, 6) is -0.384. The lowest BCUT2D eigenvalue weighted by Gasteiger charge is -2.16. The second-order valence-corrected chi connectivity index (χ2v) is 6.07. The molecule has 1 saturated heterocycles. The predicted octanol–water partition coefficient (Wildman–Crippen LogP) is 2.11. The van der Waals surface area contributed by atoms with Crippen LogP contribution in [0, 0.1) is 0 Å². The number of para-hydroxylation sites is 1. The van der Waals surface area contributed by atoms with E-state index in [0.29, 0.717) is 23.8 Å². The fourth-order valence-electron chi connectivity index (χ4n) is 2.52. The highest BCUT2D eigenvalue weighted by molar-refractivity contribution is 7.13. The molecule has 2 amide bonds. The lowest BCUT2D eigenvalue weighted by molar-refractivity contribution is -0.118. The van der Waals surface area contributed by atoms with Crippen LogP contribution in [-0.4, -0.2) is 35.9 Å².